The molecule has 0 saturated carbocycles. The maximum Gasteiger partial charge on any atom is 0.148 e. The van der Waals surface area contributed by atoms with Crippen LogP contribution in [0.5, 0.6) is 5.75 Å². The summed E-state index contributed by atoms with van der Waals surface area (Å²) in [5.41, 5.74) is 10.7. The number of nitrogens with zero attached hydrogens (tertiary/aromatic N) is 3. The molecule has 0 amide bonds. The second-order valence-electron chi connectivity index (χ2n) is 15.9. The largest absolute Gasteiger partial charge is 0.507 e. The number of aromatic nitrogens is 3. The second-order valence-corrected chi connectivity index (χ2v) is 15.9. The quantitative estimate of drug-likeness (QED) is 0.162. The molecular formula is C55H46N3OPt-. The first kappa shape index (κ1) is 31.6. The van der Waals surface area contributed by atoms with Crippen LogP contribution in [0.1, 0.15) is 54.0 Å². The summed E-state index contributed by atoms with van der Waals surface area (Å²) in [7, 11) is 0. The molecule has 60 heavy (non-hydrogen) atoms. The molecule has 9 rings (SSSR count). The Morgan fingerprint density at radius 1 is 0.650 bits per heavy atom. The number of pyridine rings is 1. The van der Waals surface area contributed by atoms with Crippen molar-refractivity contribution in [3.63, 3.8) is 0 Å². The number of hydrogen-bond donors (Lipinski definition) is 1. The molecule has 1 N–H and O–H groups in total. The molecule has 2 heterocycles. The van der Waals surface area contributed by atoms with Gasteiger partial charge in [-0.1, -0.05) is 147 Å². The van der Waals surface area contributed by atoms with Crippen LogP contribution in [0.4, 0.5) is 0 Å². The Hall–Kier alpha value is -6.35. The molecule has 0 bridgehead atoms. The van der Waals surface area contributed by atoms with E-state index < -0.39 is 25.0 Å². The van der Waals surface area contributed by atoms with Crippen molar-refractivity contribution in [2.24, 2.45) is 0 Å². The van der Waals surface area contributed by atoms with Crippen LogP contribution in [-0.4, -0.2) is 19.6 Å². The fourth-order valence-electron chi connectivity index (χ4n) is 7.76. The second kappa shape index (κ2) is 16.4. The summed E-state index contributed by atoms with van der Waals surface area (Å²) in [5.74, 6) is 0.519. The van der Waals surface area contributed by atoms with Crippen molar-refractivity contribution in [3.8, 4) is 78.6 Å². The first-order valence-electron chi connectivity index (χ1n) is 23.6. The van der Waals surface area contributed by atoms with Gasteiger partial charge < -0.3 is 5.11 Å². The molecule has 0 fully saturated rings. The van der Waals surface area contributed by atoms with Crippen LogP contribution < -0.4 is 0 Å². The Bertz CT molecular complexity index is 3390. The Balaban J connectivity index is 0.00000625. The summed E-state index contributed by atoms with van der Waals surface area (Å²) in [4.78, 5) is 10.2. The van der Waals surface area contributed by atoms with E-state index in [1.807, 2.05) is 122 Å². The fraction of sp³-hybridized carbons (Fsp3) is 0.127. The van der Waals surface area contributed by atoms with Gasteiger partial charge >= 0.3 is 0 Å². The summed E-state index contributed by atoms with van der Waals surface area (Å²) in [6, 6.07) is 41.8. The third-order valence-corrected chi connectivity index (χ3v) is 10.8. The van der Waals surface area contributed by atoms with E-state index in [0.717, 1.165) is 27.8 Å². The zero-order chi connectivity index (χ0) is 47.7. The number of benzene rings is 7. The van der Waals surface area contributed by atoms with Crippen LogP contribution in [-0.2, 0) is 26.5 Å². The Kier molecular flexibility index (Phi) is 8.60. The average Bonchev–Trinajstić information content (AvgIpc) is 3.70. The zero-order valence-electron chi connectivity index (χ0n) is 41.8. The summed E-state index contributed by atoms with van der Waals surface area (Å²) < 4.78 is 70.4. The van der Waals surface area contributed by atoms with Crippen LogP contribution in [0.15, 0.2) is 164 Å². The maximum atomic E-state index is 11.9. The van der Waals surface area contributed by atoms with Gasteiger partial charge in [-0.3, -0.25) is 9.55 Å². The number of para-hydroxylation sites is 1. The smallest absolute Gasteiger partial charge is 0.148 e. The maximum absolute atomic E-state index is 11.9. The first-order chi connectivity index (χ1) is 31.8. The van der Waals surface area contributed by atoms with E-state index in [1.165, 1.54) is 0 Å². The predicted molar refractivity (Wildman–Crippen MR) is 245 cm³/mol. The van der Waals surface area contributed by atoms with E-state index in [4.69, 9.17) is 20.9 Å². The van der Waals surface area contributed by atoms with Crippen molar-refractivity contribution in [1.82, 2.24) is 14.5 Å². The average molecular weight is 968 g/mol. The molecule has 0 unspecified atom stereocenters. The van der Waals surface area contributed by atoms with E-state index >= 15 is 0 Å². The van der Waals surface area contributed by atoms with Gasteiger partial charge in [0.2, 0.25) is 0 Å². The van der Waals surface area contributed by atoms with Crippen LogP contribution >= 0.6 is 0 Å². The topological polar surface area (TPSA) is 50.9 Å². The normalized spacial score (nSPS) is 13.6. The van der Waals surface area contributed by atoms with Crippen LogP contribution in [0.2, 0.25) is 0 Å². The fourth-order valence-corrected chi connectivity index (χ4v) is 7.76. The molecule has 298 valence electrons. The number of phenols is 1. The van der Waals surface area contributed by atoms with Gasteiger partial charge in [0, 0.05) is 42.6 Å². The van der Waals surface area contributed by atoms with Gasteiger partial charge in [-0.25, -0.2) is 4.98 Å². The number of aryl methyl sites for hydroxylation is 3. The molecule has 0 radical (unpaired) electrons. The predicted octanol–water partition coefficient (Wildman–Crippen LogP) is 14.1. The van der Waals surface area contributed by atoms with Crippen molar-refractivity contribution in [1.29, 1.82) is 0 Å². The minimum atomic E-state index is -2.46. The number of aromatic hydroxyl groups is 1. The summed E-state index contributed by atoms with van der Waals surface area (Å²) in [6.07, 6.45) is 1.57. The van der Waals surface area contributed by atoms with E-state index in [9.17, 15) is 5.11 Å². The van der Waals surface area contributed by atoms with Gasteiger partial charge in [0.1, 0.15) is 11.6 Å². The molecule has 0 atom stereocenters. The minimum Gasteiger partial charge on any atom is -0.507 e. The van der Waals surface area contributed by atoms with E-state index in [2.05, 4.69) is 32.9 Å². The van der Waals surface area contributed by atoms with Crippen molar-refractivity contribution in [2.75, 3.05) is 0 Å². The van der Waals surface area contributed by atoms with E-state index in [-0.39, 0.29) is 55.4 Å². The van der Waals surface area contributed by atoms with Crippen molar-refractivity contribution >= 4 is 11.0 Å². The van der Waals surface area contributed by atoms with Gasteiger partial charge in [-0.15, -0.1) is 29.3 Å². The van der Waals surface area contributed by atoms with E-state index in [0.29, 0.717) is 67.2 Å². The van der Waals surface area contributed by atoms with Crippen LogP contribution in [0.25, 0.3) is 83.9 Å². The first-order valence-corrected chi connectivity index (χ1v) is 19.6. The van der Waals surface area contributed by atoms with Crippen molar-refractivity contribution < 1.29 is 37.1 Å². The molecule has 7 aromatic carbocycles. The Labute approximate surface area is 378 Å². The monoisotopic (exact) mass is 967 g/mol. The molecule has 9 aromatic rings. The number of fused-ring (bicyclic) bond motifs is 1. The van der Waals surface area contributed by atoms with Gasteiger partial charge in [0.15, 0.2) is 0 Å². The van der Waals surface area contributed by atoms with Crippen LogP contribution in [0.3, 0.4) is 0 Å². The third-order valence-electron chi connectivity index (χ3n) is 10.8. The van der Waals surface area contributed by atoms with Gasteiger partial charge in [-0.05, 0) is 101 Å². The van der Waals surface area contributed by atoms with Crippen LogP contribution in [0, 0.1) is 26.8 Å². The Morgan fingerprint density at radius 2 is 1.35 bits per heavy atom. The Morgan fingerprint density at radius 3 is 2.05 bits per heavy atom. The summed E-state index contributed by atoms with van der Waals surface area (Å²) in [5, 5.41) is 11.9. The van der Waals surface area contributed by atoms with Crippen molar-refractivity contribution in [3.05, 3.63) is 192 Å². The number of rotatable bonds is 7. The number of hydrogen-bond acceptors (Lipinski definition) is 3. The molecule has 0 saturated heterocycles. The molecule has 2 aromatic heterocycles. The number of phenolic OH excluding ortho intramolecular Hbond substituents is 1. The van der Waals surface area contributed by atoms with Crippen molar-refractivity contribution in [2.45, 2.75) is 46.9 Å². The molecule has 0 spiro atoms. The number of imidazole rings is 1. The zero-order valence-corrected chi connectivity index (χ0v) is 36.1. The molecular weight excluding hydrogens is 914 g/mol. The van der Waals surface area contributed by atoms with E-state index in [1.54, 1.807) is 24.4 Å². The van der Waals surface area contributed by atoms with Gasteiger partial charge in [0.25, 0.3) is 0 Å². The minimum absolute atomic E-state index is 0. The molecule has 0 aliphatic heterocycles. The summed E-state index contributed by atoms with van der Waals surface area (Å²) >= 11 is 0. The van der Waals surface area contributed by atoms with Gasteiger partial charge in [-0.2, -0.15) is 0 Å². The molecule has 5 heteroatoms. The van der Waals surface area contributed by atoms with Gasteiger partial charge in [0.05, 0.1) is 29.1 Å². The molecule has 0 aliphatic carbocycles. The molecule has 0 aliphatic rings. The third kappa shape index (κ3) is 7.64. The SMILES string of the molecule is [2H]c1c([2H])c([2H])c(-c2ccnc(-c3[c-]c(-c4cccc5c4nc(-c4cc(C)cc(C)c4O)n5-c4cc(-c5ccccc5)c(C([2H])([2H])[2H])cc4-c4ccccc4)cc(C(C)(C)C)c3)c2)c([2H])c1[2H].[Pt]. The summed E-state index contributed by atoms with van der Waals surface area (Å²) in [6.45, 7) is 7.70. The standard InChI is InChI=1S/C55H46N3O.Pt/c1-35-27-37(3)53(59)48(28-35)54-57-52-45(42-30-43(32-44(31-42)55(4,5)6)49-33-41(25-26-56-49)38-17-10-7-11-18-38)23-16-24-50(52)58(54)51-34-46(39-19-12-8-13-20-39)36(2)29-47(51)40-21-14-9-15-22-40;/h7-29,31-34,59H,1-6H3;/q-1;/i2D3,7D,10D,11D,17D,18D;. The molecule has 4 nitrogen and oxygen atoms in total.